The lowest BCUT2D eigenvalue weighted by Crippen LogP contribution is -2.29. The van der Waals surface area contributed by atoms with Crippen molar-refractivity contribution in [2.24, 2.45) is 0 Å². The van der Waals surface area contributed by atoms with Crippen molar-refractivity contribution in [3.8, 4) is 11.3 Å². The van der Waals surface area contributed by atoms with E-state index < -0.39 is 0 Å². The van der Waals surface area contributed by atoms with Gasteiger partial charge in [0, 0.05) is 28.9 Å². The third-order valence-corrected chi connectivity index (χ3v) is 7.14. The van der Waals surface area contributed by atoms with Gasteiger partial charge >= 0.3 is 0 Å². The highest BCUT2D eigenvalue weighted by Crippen LogP contribution is 2.28. The SMILES string of the molecule is CCc1ccc(-c2csc(NC(=O)c3ccccc3SCC(=O)N3CCCC3)n2)cc1. The Bertz CT molecular complexity index is 1060. The Morgan fingerprint density at radius 3 is 2.58 bits per heavy atom. The molecular weight excluding hydrogens is 426 g/mol. The van der Waals surface area contributed by atoms with E-state index in [9.17, 15) is 9.59 Å². The van der Waals surface area contributed by atoms with E-state index in [4.69, 9.17) is 0 Å². The summed E-state index contributed by atoms with van der Waals surface area (Å²) in [5, 5.41) is 5.43. The number of aryl methyl sites for hydroxylation is 1. The maximum atomic E-state index is 12.9. The van der Waals surface area contributed by atoms with Gasteiger partial charge in [-0.25, -0.2) is 4.98 Å². The van der Waals surface area contributed by atoms with E-state index in [1.54, 1.807) is 6.07 Å². The molecule has 7 heteroatoms. The van der Waals surface area contributed by atoms with Crippen LogP contribution in [0.4, 0.5) is 5.13 Å². The molecule has 1 saturated heterocycles. The molecule has 0 unspecified atom stereocenters. The molecule has 1 fully saturated rings. The minimum atomic E-state index is -0.209. The Kier molecular flexibility index (Phi) is 7.04. The number of thioether (sulfide) groups is 1. The molecule has 1 aliphatic rings. The van der Waals surface area contributed by atoms with Crippen molar-refractivity contribution in [3.63, 3.8) is 0 Å². The Labute approximate surface area is 190 Å². The maximum absolute atomic E-state index is 12.9. The van der Waals surface area contributed by atoms with Crippen molar-refractivity contribution in [1.82, 2.24) is 9.88 Å². The van der Waals surface area contributed by atoms with E-state index >= 15 is 0 Å². The number of carbonyl (C=O) groups is 2. The van der Waals surface area contributed by atoms with Gasteiger partial charge in [0.2, 0.25) is 5.91 Å². The largest absolute Gasteiger partial charge is 0.342 e. The molecule has 0 bridgehead atoms. The monoisotopic (exact) mass is 451 g/mol. The van der Waals surface area contributed by atoms with E-state index in [-0.39, 0.29) is 11.8 Å². The predicted octanol–water partition coefficient (Wildman–Crippen LogP) is 5.34. The fraction of sp³-hybridized carbons (Fsp3) is 0.292. The topological polar surface area (TPSA) is 62.3 Å². The van der Waals surface area contributed by atoms with Crippen LogP contribution in [0.5, 0.6) is 0 Å². The molecule has 31 heavy (non-hydrogen) atoms. The lowest BCUT2D eigenvalue weighted by Gasteiger charge is -2.15. The molecule has 0 saturated carbocycles. The number of rotatable bonds is 7. The second-order valence-corrected chi connectivity index (χ2v) is 9.29. The van der Waals surface area contributed by atoms with Gasteiger partial charge in [-0.15, -0.1) is 23.1 Å². The Morgan fingerprint density at radius 2 is 1.84 bits per heavy atom. The zero-order valence-electron chi connectivity index (χ0n) is 17.5. The summed E-state index contributed by atoms with van der Waals surface area (Å²) >= 11 is 2.82. The number of likely N-dealkylation sites (tertiary alicyclic amines) is 1. The fourth-order valence-electron chi connectivity index (χ4n) is 3.52. The van der Waals surface area contributed by atoms with E-state index in [0.717, 1.165) is 48.5 Å². The smallest absolute Gasteiger partial charge is 0.258 e. The van der Waals surface area contributed by atoms with E-state index in [2.05, 4.69) is 41.5 Å². The van der Waals surface area contributed by atoms with Crippen LogP contribution in [-0.4, -0.2) is 40.5 Å². The van der Waals surface area contributed by atoms with Gasteiger partial charge in [0.25, 0.3) is 5.91 Å². The lowest BCUT2D eigenvalue weighted by molar-refractivity contribution is -0.127. The van der Waals surface area contributed by atoms with Crippen LogP contribution in [0.1, 0.15) is 35.7 Å². The summed E-state index contributed by atoms with van der Waals surface area (Å²) in [6.45, 7) is 3.81. The van der Waals surface area contributed by atoms with Crippen molar-refractivity contribution in [2.45, 2.75) is 31.1 Å². The quantitative estimate of drug-likeness (QED) is 0.493. The molecular formula is C24H25N3O2S2. The summed E-state index contributed by atoms with van der Waals surface area (Å²) in [6.07, 6.45) is 3.15. The molecule has 4 rings (SSSR count). The number of anilines is 1. The molecule has 3 aromatic rings. The number of nitrogens with one attached hydrogen (secondary N) is 1. The molecule has 1 aromatic heterocycles. The van der Waals surface area contributed by atoms with E-state index in [1.807, 2.05) is 28.5 Å². The van der Waals surface area contributed by atoms with Crippen LogP contribution in [0.3, 0.4) is 0 Å². The number of hydrogen-bond acceptors (Lipinski definition) is 5. The second-order valence-electron chi connectivity index (χ2n) is 7.42. The Morgan fingerprint density at radius 1 is 1.10 bits per heavy atom. The summed E-state index contributed by atoms with van der Waals surface area (Å²) in [7, 11) is 0. The van der Waals surface area contributed by atoms with Gasteiger partial charge in [0.15, 0.2) is 5.13 Å². The van der Waals surface area contributed by atoms with Crippen molar-refractivity contribution in [1.29, 1.82) is 0 Å². The maximum Gasteiger partial charge on any atom is 0.258 e. The zero-order valence-corrected chi connectivity index (χ0v) is 19.1. The van der Waals surface area contributed by atoms with Crippen LogP contribution < -0.4 is 5.32 Å². The number of hydrogen-bond donors (Lipinski definition) is 1. The van der Waals surface area contributed by atoms with Gasteiger partial charge < -0.3 is 4.90 Å². The Balaban J connectivity index is 1.41. The number of aromatic nitrogens is 1. The van der Waals surface area contributed by atoms with Crippen molar-refractivity contribution in [2.75, 3.05) is 24.2 Å². The minimum Gasteiger partial charge on any atom is -0.342 e. The molecule has 2 aromatic carbocycles. The molecule has 5 nitrogen and oxygen atoms in total. The molecule has 2 amide bonds. The molecule has 0 atom stereocenters. The van der Waals surface area contributed by atoms with Gasteiger partial charge in [-0.3, -0.25) is 14.9 Å². The molecule has 160 valence electrons. The van der Waals surface area contributed by atoms with Gasteiger partial charge in [-0.2, -0.15) is 0 Å². The number of thiazole rings is 1. The fourth-order valence-corrected chi connectivity index (χ4v) is 5.18. The van der Waals surface area contributed by atoms with Gasteiger partial charge in [-0.1, -0.05) is 43.3 Å². The van der Waals surface area contributed by atoms with E-state index in [0.29, 0.717) is 16.4 Å². The summed E-state index contributed by atoms with van der Waals surface area (Å²) in [5.74, 6) is 0.273. The molecule has 0 radical (unpaired) electrons. The summed E-state index contributed by atoms with van der Waals surface area (Å²) in [4.78, 5) is 32.6. The second kappa shape index (κ2) is 10.1. The highest BCUT2D eigenvalue weighted by molar-refractivity contribution is 8.00. The van der Waals surface area contributed by atoms with Crippen LogP contribution >= 0.6 is 23.1 Å². The van der Waals surface area contributed by atoms with Crippen molar-refractivity contribution in [3.05, 3.63) is 65.0 Å². The first-order valence-corrected chi connectivity index (χ1v) is 12.4. The number of amides is 2. The average molecular weight is 452 g/mol. The molecule has 2 heterocycles. The standard InChI is InChI=1S/C24H25N3O2S2/c1-2-17-9-11-18(12-10-17)20-15-31-24(25-20)26-23(29)19-7-3-4-8-21(19)30-16-22(28)27-13-5-6-14-27/h3-4,7-12,15H,2,5-6,13-14,16H2,1H3,(H,25,26,29). The van der Waals surface area contributed by atoms with Gasteiger partial charge in [0.1, 0.15) is 0 Å². The lowest BCUT2D eigenvalue weighted by atomic mass is 10.1. The molecule has 1 aliphatic heterocycles. The third kappa shape index (κ3) is 5.35. The minimum absolute atomic E-state index is 0.136. The number of nitrogens with zero attached hydrogens (tertiary/aromatic N) is 2. The van der Waals surface area contributed by atoms with Gasteiger partial charge in [0.05, 0.1) is 17.0 Å². The predicted molar refractivity (Wildman–Crippen MR) is 128 cm³/mol. The van der Waals surface area contributed by atoms with Crippen LogP contribution in [0.15, 0.2) is 58.8 Å². The van der Waals surface area contributed by atoms with Crippen molar-refractivity contribution >= 4 is 40.0 Å². The zero-order chi connectivity index (χ0) is 21.6. The van der Waals surface area contributed by atoms with Gasteiger partial charge in [-0.05, 0) is 37.0 Å². The normalized spacial score (nSPS) is 13.4. The average Bonchev–Trinajstić information content (AvgIpc) is 3.50. The third-order valence-electron chi connectivity index (χ3n) is 5.32. The summed E-state index contributed by atoms with van der Waals surface area (Å²) in [5.41, 5.74) is 3.72. The highest BCUT2D eigenvalue weighted by atomic mass is 32.2. The van der Waals surface area contributed by atoms with Crippen molar-refractivity contribution < 1.29 is 9.59 Å². The number of carbonyl (C=O) groups excluding carboxylic acids is 2. The summed E-state index contributed by atoms with van der Waals surface area (Å²) in [6, 6.07) is 15.7. The Hall–Kier alpha value is -2.64. The summed E-state index contributed by atoms with van der Waals surface area (Å²) < 4.78 is 0. The van der Waals surface area contributed by atoms with Crippen LogP contribution in [0.25, 0.3) is 11.3 Å². The van der Waals surface area contributed by atoms with Crippen LogP contribution in [0, 0.1) is 0 Å². The van der Waals surface area contributed by atoms with Crippen LogP contribution in [-0.2, 0) is 11.2 Å². The molecule has 0 spiro atoms. The molecule has 1 N–H and O–H groups in total. The first-order valence-electron chi connectivity index (χ1n) is 10.5. The van der Waals surface area contributed by atoms with Crippen LogP contribution in [0.2, 0.25) is 0 Å². The van der Waals surface area contributed by atoms with E-state index in [1.165, 1.54) is 28.7 Å². The highest BCUT2D eigenvalue weighted by Gasteiger charge is 2.19. The molecule has 0 aliphatic carbocycles. The first kappa shape index (κ1) is 21.6. The first-order chi connectivity index (χ1) is 15.1. The number of benzene rings is 2.